The number of amides is 1. The Bertz CT molecular complexity index is 606. The van der Waals surface area contributed by atoms with Crippen molar-refractivity contribution in [2.24, 2.45) is 0 Å². The first-order valence-electron chi connectivity index (χ1n) is 9.02. The summed E-state index contributed by atoms with van der Waals surface area (Å²) in [5.74, 6) is 0.491. The molecule has 3 heterocycles. The third-order valence-corrected chi connectivity index (χ3v) is 5.57. The first-order chi connectivity index (χ1) is 11.7. The van der Waals surface area contributed by atoms with Crippen LogP contribution < -0.4 is 4.90 Å². The van der Waals surface area contributed by atoms with Crippen molar-refractivity contribution < 1.29 is 14.3 Å². The SMILES string of the molecule is CC1(C(=O)N2CC(CN3CCOCC3)c3ccccc32)CCCO1. The smallest absolute Gasteiger partial charge is 0.258 e. The third-order valence-electron chi connectivity index (χ3n) is 5.57. The van der Waals surface area contributed by atoms with E-state index in [0.29, 0.717) is 12.5 Å². The summed E-state index contributed by atoms with van der Waals surface area (Å²) in [5.41, 5.74) is 1.71. The molecule has 0 radical (unpaired) electrons. The molecule has 0 bridgehead atoms. The van der Waals surface area contributed by atoms with Gasteiger partial charge in [-0.1, -0.05) is 18.2 Å². The maximum Gasteiger partial charge on any atom is 0.258 e. The number of morpholine rings is 1. The van der Waals surface area contributed by atoms with E-state index in [1.807, 2.05) is 17.9 Å². The van der Waals surface area contributed by atoms with Crippen molar-refractivity contribution in [3.8, 4) is 0 Å². The highest BCUT2D eigenvalue weighted by Gasteiger charge is 2.44. The topological polar surface area (TPSA) is 42.0 Å². The van der Waals surface area contributed by atoms with Crippen LogP contribution >= 0.6 is 0 Å². The lowest BCUT2D eigenvalue weighted by Gasteiger charge is -2.30. The highest BCUT2D eigenvalue weighted by Crippen LogP contribution is 2.39. The van der Waals surface area contributed by atoms with Crippen molar-refractivity contribution in [2.45, 2.75) is 31.3 Å². The molecule has 2 unspecified atom stereocenters. The molecule has 2 saturated heterocycles. The highest BCUT2D eigenvalue weighted by atomic mass is 16.5. The molecule has 1 aromatic carbocycles. The Labute approximate surface area is 143 Å². The Morgan fingerprint density at radius 3 is 2.79 bits per heavy atom. The molecule has 0 aliphatic carbocycles. The van der Waals surface area contributed by atoms with Crippen LogP contribution in [0.2, 0.25) is 0 Å². The predicted octanol–water partition coefficient (Wildman–Crippen LogP) is 2.02. The summed E-state index contributed by atoms with van der Waals surface area (Å²) in [4.78, 5) is 17.6. The highest BCUT2D eigenvalue weighted by molar-refractivity contribution is 6.01. The van der Waals surface area contributed by atoms with E-state index >= 15 is 0 Å². The van der Waals surface area contributed by atoms with Crippen molar-refractivity contribution >= 4 is 11.6 Å². The summed E-state index contributed by atoms with van der Waals surface area (Å²) < 4.78 is 11.2. The molecule has 3 aliphatic heterocycles. The van der Waals surface area contributed by atoms with Gasteiger partial charge in [-0.25, -0.2) is 0 Å². The Kier molecular flexibility index (Phi) is 4.33. The second kappa shape index (κ2) is 6.47. The number of carbonyl (C=O) groups excluding carboxylic acids is 1. The zero-order chi connectivity index (χ0) is 16.6. The summed E-state index contributed by atoms with van der Waals surface area (Å²) in [6.07, 6.45) is 1.79. The molecule has 24 heavy (non-hydrogen) atoms. The van der Waals surface area contributed by atoms with E-state index in [1.165, 1.54) is 5.56 Å². The van der Waals surface area contributed by atoms with Gasteiger partial charge in [0, 0.05) is 44.4 Å². The van der Waals surface area contributed by atoms with E-state index in [4.69, 9.17) is 9.47 Å². The number of anilines is 1. The molecule has 0 saturated carbocycles. The van der Waals surface area contributed by atoms with E-state index in [2.05, 4.69) is 23.1 Å². The summed E-state index contributed by atoms with van der Waals surface area (Å²) in [7, 11) is 0. The van der Waals surface area contributed by atoms with Crippen LogP contribution in [0, 0.1) is 0 Å². The van der Waals surface area contributed by atoms with E-state index in [-0.39, 0.29) is 5.91 Å². The number of hydrogen-bond acceptors (Lipinski definition) is 4. The first kappa shape index (κ1) is 16.1. The van der Waals surface area contributed by atoms with Crippen molar-refractivity contribution in [3.05, 3.63) is 29.8 Å². The second-order valence-corrected chi connectivity index (χ2v) is 7.27. The average molecular weight is 330 g/mol. The molecule has 0 aromatic heterocycles. The minimum atomic E-state index is -0.652. The van der Waals surface area contributed by atoms with Crippen LogP contribution in [-0.4, -0.2) is 62.4 Å². The third kappa shape index (κ3) is 2.85. The number of hydrogen-bond donors (Lipinski definition) is 0. The van der Waals surface area contributed by atoms with E-state index in [1.54, 1.807) is 0 Å². The zero-order valence-corrected chi connectivity index (χ0v) is 14.4. The van der Waals surface area contributed by atoms with Crippen LogP contribution in [0.5, 0.6) is 0 Å². The molecule has 3 aliphatic rings. The van der Waals surface area contributed by atoms with Crippen molar-refractivity contribution in [1.82, 2.24) is 4.90 Å². The molecule has 5 heteroatoms. The molecule has 2 atom stereocenters. The Morgan fingerprint density at radius 1 is 1.25 bits per heavy atom. The first-order valence-corrected chi connectivity index (χ1v) is 9.02. The molecule has 2 fully saturated rings. The maximum absolute atomic E-state index is 13.1. The summed E-state index contributed by atoms with van der Waals surface area (Å²) >= 11 is 0. The van der Waals surface area contributed by atoms with Crippen molar-refractivity contribution in [3.63, 3.8) is 0 Å². The van der Waals surface area contributed by atoms with Crippen LogP contribution in [0.3, 0.4) is 0 Å². The summed E-state index contributed by atoms with van der Waals surface area (Å²) in [6.45, 7) is 7.96. The van der Waals surface area contributed by atoms with Gasteiger partial charge in [-0.2, -0.15) is 0 Å². The lowest BCUT2D eigenvalue weighted by Crippen LogP contribution is -2.47. The van der Waals surface area contributed by atoms with Crippen LogP contribution in [0.15, 0.2) is 24.3 Å². The number of benzene rings is 1. The quantitative estimate of drug-likeness (QED) is 0.850. The minimum absolute atomic E-state index is 0.122. The average Bonchev–Trinajstić information content (AvgIpc) is 3.21. The maximum atomic E-state index is 13.1. The summed E-state index contributed by atoms with van der Waals surface area (Å²) in [5, 5.41) is 0. The van der Waals surface area contributed by atoms with E-state index in [0.717, 1.165) is 57.9 Å². The van der Waals surface area contributed by atoms with Gasteiger partial charge in [0.1, 0.15) is 5.60 Å². The van der Waals surface area contributed by atoms with Crippen LogP contribution in [0.4, 0.5) is 5.69 Å². The van der Waals surface area contributed by atoms with Gasteiger partial charge in [-0.05, 0) is 31.4 Å². The van der Waals surface area contributed by atoms with Gasteiger partial charge >= 0.3 is 0 Å². The largest absolute Gasteiger partial charge is 0.379 e. The minimum Gasteiger partial charge on any atom is -0.379 e. The lowest BCUT2D eigenvalue weighted by atomic mass is 10.0. The van der Waals surface area contributed by atoms with Gasteiger partial charge in [0.05, 0.1) is 13.2 Å². The standard InChI is InChI=1S/C19H26N2O3/c1-19(7-4-10-24-19)18(22)21-14-15(13-20-8-11-23-12-9-20)16-5-2-3-6-17(16)21/h2-3,5-6,15H,4,7-14H2,1H3. The van der Waals surface area contributed by atoms with Gasteiger partial charge in [0.15, 0.2) is 0 Å². The molecule has 1 aromatic rings. The molecule has 130 valence electrons. The molecule has 5 nitrogen and oxygen atoms in total. The number of nitrogens with zero attached hydrogens (tertiary/aromatic N) is 2. The number of fused-ring (bicyclic) bond motifs is 1. The molecule has 0 N–H and O–H groups in total. The Balaban J connectivity index is 1.55. The Morgan fingerprint density at radius 2 is 2.04 bits per heavy atom. The predicted molar refractivity (Wildman–Crippen MR) is 92.4 cm³/mol. The fraction of sp³-hybridized carbons (Fsp3) is 0.632. The van der Waals surface area contributed by atoms with Crippen LogP contribution in [0.25, 0.3) is 0 Å². The number of carbonyl (C=O) groups is 1. The molecular weight excluding hydrogens is 304 g/mol. The normalized spacial score (nSPS) is 30.5. The van der Waals surface area contributed by atoms with Gasteiger partial charge in [0.25, 0.3) is 5.91 Å². The summed E-state index contributed by atoms with van der Waals surface area (Å²) in [6, 6.07) is 8.34. The molecular formula is C19H26N2O3. The second-order valence-electron chi connectivity index (χ2n) is 7.27. The Hall–Kier alpha value is -1.43. The van der Waals surface area contributed by atoms with Crippen molar-refractivity contribution in [1.29, 1.82) is 0 Å². The molecule has 4 rings (SSSR count). The lowest BCUT2D eigenvalue weighted by molar-refractivity contribution is -0.136. The van der Waals surface area contributed by atoms with Crippen LogP contribution in [-0.2, 0) is 14.3 Å². The molecule has 1 amide bonds. The number of ether oxygens (including phenoxy) is 2. The fourth-order valence-corrected chi connectivity index (χ4v) is 4.17. The van der Waals surface area contributed by atoms with E-state index < -0.39 is 5.60 Å². The van der Waals surface area contributed by atoms with Gasteiger partial charge in [-0.15, -0.1) is 0 Å². The molecule has 0 spiro atoms. The van der Waals surface area contributed by atoms with Gasteiger partial charge < -0.3 is 14.4 Å². The van der Waals surface area contributed by atoms with Crippen molar-refractivity contribution in [2.75, 3.05) is 50.9 Å². The number of rotatable bonds is 3. The number of para-hydroxylation sites is 1. The van der Waals surface area contributed by atoms with E-state index in [9.17, 15) is 4.79 Å². The van der Waals surface area contributed by atoms with Crippen LogP contribution in [0.1, 0.15) is 31.2 Å². The zero-order valence-electron chi connectivity index (χ0n) is 14.4. The van der Waals surface area contributed by atoms with Gasteiger partial charge in [0.2, 0.25) is 0 Å². The monoisotopic (exact) mass is 330 g/mol. The van der Waals surface area contributed by atoms with Gasteiger partial charge in [-0.3, -0.25) is 9.69 Å². The fourth-order valence-electron chi connectivity index (χ4n) is 4.17.